The van der Waals surface area contributed by atoms with Gasteiger partial charge >= 0.3 is 5.97 Å². The van der Waals surface area contributed by atoms with Crippen LogP contribution in [0.25, 0.3) is 0 Å². The van der Waals surface area contributed by atoms with E-state index in [2.05, 4.69) is 22.1 Å². The normalized spacial score (nSPS) is 26.0. The van der Waals surface area contributed by atoms with Crippen molar-refractivity contribution >= 4 is 29.5 Å². The number of nitrogens with one attached hydrogen (secondary N) is 2. The van der Waals surface area contributed by atoms with Crippen LogP contribution < -0.4 is 16.4 Å². The van der Waals surface area contributed by atoms with E-state index in [9.17, 15) is 19.5 Å². The predicted molar refractivity (Wildman–Crippen MR) is 116 cm³/mol. The van der Waals surface area contributed by atoms with Crippen molar-refractivity contribution in [1.82, 2.24) is 10.6 Å². The average molecular weight is 442 g/mol. The summed E-state index contributed by atoms with van der Waals surface area (Å²) < 4.78 is 0. The van der Waals surface area contributed by atoms with Crippen molar-refractivity contribution in [2.24, 2.45) is 17.6 Å². The van der Waals surface area contributed by atoms with Crippen LogP contribution in [-0.2, 0) is 14.4 Å². The molecule has 5 atom stereocenters. The van der Waals surface area contributed by atoms with E-state index in [-0.39, 0.29) is 19.4 Å². The Morgan fingerprint density at radius 1 is 1.17 bits per heavy atom. The van der Waals surface area contributed by atoms with Crippen LogP contribution in [-0.4, -0.2) is 52.1 Å². The van der Waals surface area contributed by atoms with Gasteiger partial charge in [-0.2, -0.15) is 0 Å². The van der Waals surface area contributed by atoms with E-state index in [1.807, 2.05) is 11.8 Å². The lowest BCUT2D eigenvalue weighted by Gasteiger charge is -2.23. The Labute approximate surface area is 182 Å². The lowest BCUT2D eigenvalue weighted by atomic mass is 9.92. The monoisotopic (exact) mass is 441 g/mol. The first-order chi connectivity index (χ1) is 14.3. The zero-order valence-corrected chi connectivity index (χ0v) is 18.2. The highest BCUT2D eigenvalue weighted by atomic mass is 32.2. The van der Waals surface area contributed by atoms with Crippen LogP contribution in [0, 0.1) is 11.8 Å². The third kappa shape index (κ3) is 9.06. The van der Waals surface area contributed by atoms with Gasteiger partial charge in [0.05, 0.1) is 12.6 Å². The van der Waals surface area contributed by atoms with Gasteiger partial charge in [-0.1, -0.05) is 25.3 Å². The highest BCUT2D eigenvalue weighted by Crippen LogP contribution is 2.39. The fourth-order valence-electron chi connectivity index (χ4n) is 4.34. The van der Waals surface area contributed by atoms with E-state index < -0.39 is 30.1 Å². The number of carboxylic acids is 1. The van der Waals surface area contributed by atoms with Crippen molar-refractivity contribution < 1.29 is 24.6 Å². The number of hydrogen-bond acceptors (Lipinski definition) is 6. The number of aliphatic carboxylic acids is 1. The van der Waals surface area contributed by atoms with Crippen LogP contribution >= 0.6 is 11.8 Å². The number of nitrogens with two attached hydrogens (primary N) is 1. The summed E-state index contributed by atoms with van der Waals surface area (Å²) in [7, 11) is 0. The molecule has 1 aliphatic heterocycles. The quantitative estimate of drug-likeness (QED) is 0.229. The number of carboxylic acid groups (broad SMARTS) is 1. The van der Waals surface area contributed by atoms with Crippen LogP contribution in [0.2, 0.25) is 0 Å². The standard InChI is InChI=1S/C21H35N3O5S/c22-18(25)13-23-21(29)16(9-11-20(27)28)24-19(26)10-7-14-3-1-4-15(8-6-14)17-5-2-12-30-17/h2,12,14-17,19,24,26H,1,3-11,13H2,(H2,22,25)(H,23,29)(H,27,28)/t14?,15?,16-,17?,19?/m0/s1. The number of amides is 2. The second-order valence-electron chi connectivity index (χ2n) is 8.35. The van der Waals surface area contributed by atoms with E-state index in [1.165, 1.54) is 25.7 Å². The summed E-state index contributed by atoms with van der Waals surface area (Å²) in [6.45, 7) is -0.321. The highest BCUT2D eigenvalue weighted by Gasteiger charge is 2.27. The van der Waals surface area contributed by atoms with E-state index in [0.29, 0.717) is 12.3 Å². The molecule has 9 heteroatoms. The molecule has 0 aromatic heterocycles. The Morgan fingerprint density at radius 3 is 2.63 bits per heavy atom. The predicted octanol–water partition coefficient (Wildman–Crippen LogP) is 1.73. The summed E-state index contributed by atoms with van der Waals surface area (Å²) in [4.78, 5) is 33.9. The van der Waals surface area contributed by atoms with Gasteiger partial charge in [0.1, 0.15) is 6.23 Å². The molecule has 0 aromatic carbocycles. The molecule has 2 amide bonds. The first-order valence-electron chi connectivity index (χ1n) is 10.9. The molecule has 2 aliphatic rings. The maximum absolute atomic E-state index is 12.2. The number of carbonyl (C=O) groups is 3. The molecule has 8 nitrogen and oxygen atoms in total. The molecule has 170 valence electrons. The average Bonchev–Trinajstić information content (AvgIpc) is 3.13. The first-order valence-corrected chi connectivity index (χ1v) is 11.8. The van der Waals surface area contributed by atoms with E-state index >= 15 is 0 Å². The van der Waals surface area contributed by atoms with E-state index in [0.717, 1.165) is 30.4 Å². The van der Waals surface area contributed by atoms with Crippen molar-refractivity contribution in [3.63, 3.8) is 0 Å². The molecular formula is C21H35N3O5S. The molecule has 4 unspecified atom stereocenters. The van der Waals surface area contributed by atoms with Crippen LogP contribution in [0.15, 0.2) is 11.5 Å². The zero-order chi connectivity index (χ0) is 21.9. The van der Waals surface area contributed by atoms with Gasteiger partial charge < -0.3 is 21.3 Å². The topological polar surface area (TPSA) is 142 Å². The number of allylic oxidation sites excluding steroid dienone is 1. The molecule has 1 aliphatic carbocycles. The van der Waals surface area contributed by atoms with Crippen LogP contribution in [0.4, 0.5) is 0 Å². The number of aliphatic hydroxyl groups is 1. The van der Waals surface area contributed by atoms with E-state index in [1.54, 1.807) is 0 Å². The molecule has 0 bridgehead atoms. The van der Waals surface area contributed by atoms with E-state index in [4.69, 9.17) is 10.8 Å². The van der Waals surface area contributed by atoms with Crippen LogP contribution in [0.3, 0.4) is 0 Å². The van der Waals surface area contributed by atoms with Crippen molar-refractivity contribution in [2.75, 3.05) is 6.54 Å². The molecule has 1 fully saturated rings. The number of thioether (sulfide) groups is 1. The molecule has 0 spiro atoms. The van der Waals surface area contributed by atoms with Gasteiger partial charge in [-0.25, -0.2) is 0 Å². The Balaban J connectivity index is 1.76. The maximum Gasteiger partial charge on any atom is 0.303 e. The largest absolute Gasteiger partial charge is 0.481 e. The minimum absolute atomic E-state index is 0.0230. The minimum Gasteiger partial charge on any atom is -0.481 e. The smallest absolute Gasteiger partial charge is 0.303 e. The van der Waals surface area contributed by atoms with Crippen molar-refractivity contribution in [3.05, 3.63) is 11.5 Å². The minimum atomic E-state index is -1.03. The SMILES string of the molecule is NC(=O)CNC(=O)[C@H](CCC(=O)O)NC(O)CCC1CCCC(C2CC=CS2)CC1. The maximum atomic E-state index is 12.2. The summed E-state index contributed by atoms with van der Waals surface area (Å²) in [5, 5.41) is 27.4. The Morgan fingerprint density at radius 2 is 1.97 bits per heavy atom. The first kappa shape index (κ1) is 24.7. The number of carbonyl (C=O) groups excluding carboxylic acids is 2. The van der Waals surface area contributed by atoms with Crippen LogP contribution in [0.1, 0.15) is 64.2 Å². The van der Waals surface area contributed by atoms with Gasteiger partial charge in [0.2, 0.25) is 11.8 Å². The molecule has 1 heterocycles. The molecule has 2 rings (SSSR count). The second-order valence-corrected chi connectivity index (χ2v) is 9.50. The highest BCUT2D eigenvalue weighted by molar-refractivity contribution is 8.03. The van der Waals surface area contributed by atoms with Crippen LogP contribution in [0.5, 0.6) is 0 Å². The molecular weight excluding hydrogens is 406 g/mol. The number of primary amides is 1. The number of rotatable bonds is 12. The lowest BCUT2D eigenvalue weighted by Crippen LogP contribution is -2.50. The van der Waals surface area contributed by atoms with Gasteiger partial charge in [-0.05, 0) is 55.8 Å². The summed E-state index contributed by atoms with van der Waals surface area (Å²) >= 11 is 1.96. The molecule has 0 saturated heterocycles. The number of aliphatic hydroxyl groups excluding tert-OH is 1. The second kappa shape index (κ2) is 13.0. The fourth-order valence-corrected chi connectivity index (χ4v) is 5.48. The third-order valence-corrected chi connectivity index (χ3v) is 7.30. The molecule has 0 aromatic rings. The molecule has 30 heavy (non-hydrogen) atoms. The van der Waals surface area contributed by atoms with Gasteiger partial charge in [0, 0.05) is 11.7 Å². The van der Waals surface area contributed by atoms with Crippen molar-refractivity contribution in [3.8, 4) is 0 Å². The summed E-state index contributed by atoms with van der Waals surface area (Å²) in [5.41, 5.74) is 5.03. The van der Waals surface area contributed by atoms with Gasteiger partial charge in [0.15, 0.2) is 0 Å². The molecule has 6 N–H and O–H groups in total. The van der Waals surface area contributed by atoms with Gasteiger partial charge in [0.25, 0.3) is 0 Å². The Bertz CT molecular complexity index is 607. The third-order valence-electron chi connectivity index (χ3n) is 6.02. The summed E-state index contributed by atoms with van der Waals surface area (Å²) in [6, 6.07) is -0.888. The lowest BCUT2D eigenvalue weighted by molar-refractivity contribution is -0.137. The van der Waals surface area contributed by atoms with Gasteiger partial charge in [-0.15, -0.1) is 11.8 Å². The van der Waals surface area contributed by atoms with Crippen molar-refractivity contribution in [2.45, 2.75) is 81.7 Å². The molecule has 1 saturated carbocycles. The molecule has 0 radical (unpaired) electrons. The Hall–Kier alpha value is -1.58. The fraction of sp³-hybridized carbons (Fsp3) is 0.762. The van der Waals surface area contributed by atoms with Gasteiger partial charge in [-0.3, -0.25) is 19.7 Å². The zero-order valence-electron chi connectivity index (χ0n) is 17.4. The summed E-state index contributed by atoms with van der Waals surface area (Å²) in [6.07, 6.45) is 9.75. The summed E-state index contributed by atoms with van der Waals surface area (Å²) in [5.74, 6) is -0.907. The number of hydrogen-bond donors (Lipinski definition) is 5. The Kier molecular flexibility index (Phi) is 10.7. The van der Waals surface area contributed by atoms with Crippen molar-refractivity contribution in [1.29, 1.82) is 0 Å².